The van der Waals surface area contributed by atoms with Gasteiger partial charge in [-0.05, 0) is 54.3 Å². The molecule has 0 bridgehead atoms. The molecule has 3 rings (SSSR count). The van der Waals surface area contributed by atoms with Crippen LogP contribution in [0.4, 0.5) is 32.0 Å². The number of guanidine groups is 1. The summed E-state index contributed by atoms with van der Waals surface area (Å²) in [6, 6.07) is 6.96. The van der Waals surface area contributed by atoms with Gasteiger partial charge in [-0.1, -0.05) is 13.0 Å². The van der Waals surface area contributed by atoms with Gasteiger partial charge < -0.3 is 20.8 Å². The lowest BCUT2D eigenvalue weighted by atomic mass is 9.92. The Balaban J connectivity index is 1.52. The maximum atomic E-state index is 13.4. The number of aliphatic imine (C=N–C) groups is 1. The van der Waals surface area contributed by atoms with Gasteiger partial charge in [-0.25, -0.2) is 4.79 Å². The fourth-order valence-corrected chi connectivity index (χ4v) is 3.85. The zero-order chi connectivity index (χ0) is 29.5. The highest BCUT2D eigenvalue weighted by Gasteiger charge is 2.39. The van der Waals surface area contributed by atoms with Crippen LogP contribution in [0, 0.1) is 0 Å². The summed E-state index contributed by atoms with van der Waals surface area (Å²) in [5.41, 5.74) is -1.02. The number of rotatable bonds is 8. The molecule has 0 fully saturated rings. The van der Waals surface area contributed by atoms with Crippen LogP contribution in [-0.2, 0) is 39.6 Å². The molecule has 2 aromatic carbocycles. The third kappa shape index (κ3) is 8.35. The molecule has 0 aliphatic carbocycles. The largest absolute Gasteiger partial charge is 0.416 e. The van der Waals surface area contributed by atoms with Crippen molar-refractivity contribution < 1.29 is 45.6 Å². The highest BCUT2D eigenvalue weighted by Crippen LogP contribution is 2.39. The molecule has 2 amide bonds. The van der Waals surface area contributed by atoms with Gasteiger partial charge in [-0.2, -0.15) is 31.8 Å². The number of hydrogen-bond acceptors (Lipinski definition) is 7. The number of nitrogens with one attached hydrogen (secondary N) is 4. The first kappa shape index (κ1) is 30.2. The molecule has 0 spiro atoms. The summed E-state index contributed by atoms with van der Waals surface area (Å²) in [5.74, 6) is -2.08. The van der Waals surface area contributed by atoms with Gasteiger partial charge in [0.1, 0.15) is 0 Å². The second kappa shape index (κ2) is 12.7. The first-order valence-electron chi connectivity index (χ1n) is 12.0. The van der Waals surface area contributed by atoms with E-state index in [0.29, 0.717) is 30.8 Å². The van der Waals surface area contributed by atoms with Gasteiger partial charge in [0.05, 0.1) is 30.6 Å². The quantitative estimate of drug-likeness (QED) is 0.283. The zero-order valence-electron chi connectivity index (χ0n) is 21.1. The van der Waals surface area contributed by atoms with Gasteiger partial charge in [-0.3, -0.25) is 14.6 Å². The van der Waals surface area contributed by atoms with E-state index in [-0.39, 0.29) is 29.2 Å². The summed E-state index contributed by atoms with van der Waals surface area (Å²) in [6.07, 6.45) is -11.4. The van der Waals surface area contributed by atoms with E-state index in [1.807, 2.05) is 0 Å². The van der Waals surface area contributed by atoms with Crippen LogP contribution < -0.4 is 21.4 Å². The van der Waals surface area contributed by atoms with Crippen molar-refractivity contribution in [1.82, 2.24) is 16.1 Å². The molecule has 216 valence electrons. The van der Waals surface area contributed by atoms with Crippen molar-refractivity contribution in [2.75, 3.05) is 25.0 Å². The number of hydroxylamine groups is 1. The molecule has 4 N–H and O–H groups in total. The summed E-state index contributed by atoms with van der Waals surface area (Å²) in [6.45, 7) is 2.07. The number of nitrogens with zero attached hydrogens (tertiary/aromatic N) is 1. The molecule has 0 unspecified atom stereocenters. The Kier molecular flexibility index (Phi) is 9.60. The van der Waals surface area contributed by atoms with E-state index < -0.39 is 60.6 Å². The van der Waals surface area contributed by atoms with Crippen molar-refractivity contribution in [1.29, 1.82) is 0 Å². The first-order valence-corrected chi connectivity index (χ1v) is 12.0. The molecular weight excluding hydrogens is 548 g/mol. The van der Waals surface area contributed by atoms with E-state index in [0.717, 1.165) is 0 Å². The SMILES string of the molecule is CCc1c(CCC(=O)ONC(=O)CNC(=O)c2cccc(NC3=NCCN3)c2)cc(C(F)(F)F)cc1C(F)(F)F. The van der Waals surface area contributed by atoms with Gasteiger partial charge in [0.25, 0.3) is 11.8 Å². The van der Waals surface area contributed by atoms with Gasteiger partial charge in [0.15, 0.2) is 5.96 Å². The number of halogens is 6. The minimum Gasteiger partial charge on any atom is -0.354 e. The van der Waals surface area contributed by atoms with Crippen LogP contribution in [0.15, 0.2) is 41.4 Å². The number of benzene rings is 2. The summed E-state index contributed by atoms with van der Waals surface area (Å²) in [4.78, 5) is 45.1. The summed E-state index contributed by atoms with van der Waals surface area (Å²) in [5, 5.41) is 8.34. The van der Waals surface area contributed by atoms with Crippen LogP contribution in [0.2, 0.25) is 0 Å². The van der Waals surface area contributed by atoms with Gasteiger partial charge in [-0.15, -0.1) is 0 Å². The predicted octanol–water partition coefficient (Wildman–Crippen LogP) is 3.59. The van der Waals surface area contributed by atoms with Crippen molar-refractivity contribution in [3.8, 4) is 0 Å². The fourth-order valence-electron chi connectivity index (χ4n) is 3.85. The molecular formula is C25H25F6N5O4. The number of carbonyl (C=O) groups is 3. The van der Waals surface area contributed by atoms with Gasteiger partial charge in [0.2, 0.25) is 0 Å². The molecule has 0 saturated carbocycles. The molecule has 1 heterocycles. The highest BCUT2D eigenvalue weighted by atomic mass is 19.4. The third-order valence-electron chi connectivity index (χ3n) is 5.68. The van der Waals surface area contributed by atoms with E-state index in [1.165, 1.54) is 19.1 Å². The zero-order valence-corrected chi connectivity index (χ0v) is 21.1. The molecule has 0 radical (unpaired) electrons. The Labute approximate surface area is 224 Å². The second-order valence-corrected chi connectivity index (χ2v) is 8.56. The van der Waals surface area contributed by atoms with Crippen molar-refractivity contribution in [2.24, 2.45) is 4.99 Å². The Bertz CT molecular complexity index is 1290. The normalized spacial score (nSPS) is 13.2. The van der Waals surface area contributed by atoms with E-state index in [4.69, 9.17) is 0 Å². The number of anilines is 1. The minimum absolute atomic E-state index is 0.0452. The van der Waals surface area contributed by atoms with Gasteiger partial charge in [0, 0.05) is 17.8 Å². The average Bonchev–Trinajstić information content (AvgIpc) is 3.40. The van der Waals surface area contributed by atoms with Crippen LogP contribution in [0.3, 0.4) is 0 Å². The average molecular weight is 573 g/mol. The van der Waals surface area contributed by atoms with Gasteiger partial charge >= 0.3 is 18.3 Å². The molecule has 40 heavy (non-hydrogen) atoms. The minimum atomic E-state index is -5.03. The number of alkyl halides is 6. The summed E-state index contributed by atoms with van der Waals surface area (Å²) >= 11 is 0. The fraction of sp³-hybridized carbons (Fsp3) is 0.360. The Morgan fingerprint density at radius 3 is 2.42 bits per heavy atom. The molecule has 0 atom stereocenters. The topological polar surface area (TPSA) is 121 Å². The lowest BCUT2D eigenvalue weighted by Gasteiger charge is -2.19. The van der Waals surface area contributed by atoms with Crippen LogP contribution in [0.1, 0.15) is 46.0 Å². The van der Waals surface area contributed by atoms with E-state index in [1.54, 1.807) is 17.6 Å². The molecule has 0 aromatic heterocycles. The van der Waals surface area contributed by atoms with E-state index in [9.17, 15) is 40.7 Å². The molecule has 1 aliphatic heterocycles. The number of carbonyl (C=O) groups excluding carboxylic acids is 3. The number of aryl methyl sites for hydroxylation is 1. The van der Waals surface area contributed by atoms with Crippen LogP contribution >= 0.6 is 0 Å². The van der Waals surface area contributed by atoms with E-state index in [2.05, 4.69) is 25.8 Å². The first-order chi connectivity index (χ1) is 18.8. The van der Waals surface area contributed by atoms with Crippen LogP contribution in [0.5, 0.6) is 0 Å². The smallest absolute Gasteiger partial charge is 0.354 e. The lowest BCUT2D eigenvalue weighted by molar-refractivity contribution is -0.157. The van der Waals surface area contributed by atoms with Crippen molar-refractivity contribution in [2.45, 2.75) is 38.5 Å². The van der Waals surface area contributed by atoms with Crippen molar-refractivity contribution in [3.63, 3.8) is 0 Å². The Morgan fingerprint density at radius 1 is 1.05 bits per heavy atom. The predicted molar refractivity (Wildman–Crippen MR) is 131 cm³/mol. The third-order valence-corrected chi connectivity index (χ3v) is 5.68. The molecule has 15 heteroatoms. The number of amides is 2. The standard InChI is InChI=1S/C25H25F6N5O4/c1-2-18-14(10-16(24(26,27)28)12-19(18)25(29,30)31)6-7-21(38)40-36-20(37)13-34-22(39)15-4-3-5-17(11-15)35-23-32-8-9-33-23/h3-5,10-12H,2,6-9,13H2,1H3,(H,34,39)(H,36,37)(H2,32,33,35). The van der Waals surface area contributed by atoms with Crippen LogP contribution in [-0.4, -0.2) is 43.4 Å². The maximum Gasteiger partial charge on any atom is 0.416 e. The Hall–Kier alpha value is -4.30. The van der Waals surface area contributed by atoms with Crippen molar-refractivity contribution in [3.05, 3.63) is 64.2 Å². The Morgan fingerprint density at radius 2 is 1.80 bits per heavy atom. The van der Waals surface area contributed by atoms with E-state index >= 15 is 0 Å². The molecule has 2 aromatic rings. The summed E-state index contributed by atoms with van der Waals surface area (Å²) in [7, 11) is 0. The lowest BCUT2D eigenvalue weighted by Crippen LogP contribution is -2.38. The maximum absolute atomic E-state index is 13.4. The monoisotopic (exact) mass is 573 g/mol. The molecule has 9 nitrogen and oxygen atoms in total. The number of hydrogen-bond donors (Lipinski definition) is 4. The molecule has 0 saturated heterocycles. The molecule has 1 aliphatic rings. The van der Waals surface area contributed by atoms with Crippen LogP contribution in [0.25, 0.3) is 0 Å². The second-order valence-electron chi connectivity index (χ2n) is 8.56. The highest BCUT2D eigenvalue weighted by molar-refractivity contribution is 5.99. The summed E-state index contributed by atoms with van der Waals surface area (Å²) < 4.78 is 79.7. The van der Waals surface area contributed by atoms with Crippen molar-refractivity contribution >= 4 is 29.4 Å².